The second-order valence-electron chi connectivity index (χ2n) is 5.57. The third-order valence-corrected chi connectivity index (χ3v) is 4.51. The van der Waals surface area contributed by atoms with E-state index in [1.807, 2.05) is 0 Å². The van der Waals surface area contributed by atoms with Gasteiger partial charge < -0.3 is 5.11 Å². The van der Waals surface area contributed by atoms with E-state index >= 15 is 0 Å². The zero-order valence-electron chi connectivity index (χ0n) is 10.7. The Morgan fingerprint density at radius 3 is 2.56 bits per heavy atom. The van der Waals surface area contributed by atoms with E-state index in [0.717, 1.165) is 12.5 Å². The molecule has 1 aliphatic heterocycles. The molecule has 1 saturated heterocycles. The number of aliphatic hydroxyl groups is 1. The fourth-order valence-electron chi connectivity index (χ4n) is 3.55. The van der Waals surface area contributed by atoms with Gasteiger partial charge in [-0.1, -0.05) is 32.6 Å². The first kappa shape index (κ1) is 12.4. The Hall–Kier alpha value is -0.0800. The summed E-state index contributed by atoms with van der Waals surface area (Å²) >= 11 is 0. The van der Waals surface area contributed by atoms with Gasteiger partial charge in [0.15, 0.2) is 0 Å². The highest BCUT2D eigenvalue weighted by Gasteiger charge is 2.32. The van der Waals surface area contributed by atoms with Crippen LogP contribution in [-0.4, -0.2) is 34.7 Å². The molecule has 0 spiro atoms. The highest BCUT2D eigenvalue weighted by Crippen LogP contribution is 2.29. The lowest BCUT2D eigenvalue weighted by atomic mass is 9.94. The van der Waals surface area contributed by atoms with Crippen molar-refractivity contribution in [2.75, 3.05) is 6.54 Å². The van der Waals surface area contributed by atoms with Crippen molar-refractivity contribution in [3.63, 3.8) is 0 Å². The van der Waals surface area contributed by atoms with Crippen LogP contribution in [0.3, 0.4) is 0 Å². The third-order valence-electron chi connectivity index (χ3n) is 4.51. The van der Waals surface area contributed by atoms with Gasteiger partial charge in [-0.05, 0) is 38.6 Å². The molecule has 16 heavy (non-hydrogen) atoms. The van der Waals surface area contributed by atoms with Gasteiger partial charge in [0.2, 0.25) is 0 Å². The van der Waals surface area contributed by atoms with Crippen molar-refractivity contribution < 1.29 is 5.11 Å². The number of likely N-dealkylation sites (tertiary alicyclic amines) is 1. The van der Waals surface area contributed by atoms with Crippen molar-refractivity contribution in [1.82, 2.24) is 4.90 Å². The van der Waals surface area contributed by atoms with Gasteiger partial charge in [-0.3, -0.25) is 4.90 Å². The van der Waals surface area contributed by atoms with Crippen molar-refractivity contribution >= 4 is 0 Å². The van der Waals surface area contributed by atoms with E-state index in [0.29, 0.717) is 6.04 Å². The summed E-state index contributed by atoms with van der Waals surface area (Å²) in [6, 6.07) is 1.21. The average molecular weight is 225 g/mol. The molecule has 0 amide bonds. The van der Waals surface area contributed by atoms with E-state index in [1.165, 1.54) is 57.9 Å². The summed E-state index contributed by atoms with van der Waals surface area (Å²) < 4.78 is 0. The Labute approximate surface area is 100 Å². The lowest BCUT2D eigenvalue weighted by Crippen LogP contribution is -2.50. The van der Waals surface area contributed by atoms with Crippen LogP contribution in [0, 0.1) is 0 Å². The van der Waals surface area contributed by atoms with Crippen molar-refractivity contribution in [3.8, 4) is 0 Å². The molecule has 94 valence electrons. The molecule has 3 atom stereocenters. The first-order valence-electron chi connectivity index (χ1n) is 7.26. The van der Waals surface area contributed by atoms with Crippen LogP contribution in [0.15, 0.2) is 0 Å². The lowest BCUT2D eigenvalue weighted by molar-refractivity contribution is 0.00303. The number of hydrogen-bond acceptors (Lipinski definition) is 2. The first-order chi connectivity index (χ1) is 7.83. The van der Waals surface area contributed by atoms with Crippen LogP contribution in [0.2, 0.25) is 0 Å². The fraction of sp³-hybridized carbons (Fsp3) is 1.00. The smallest absolute Gasteiger partial charge is 0.0695 e. The molecule has 1 aliphatic carbocycles. The van der Waals surface area contributed by atoms with Gasteiger partial charge in [0.1, 0.15) is 0 Å². The van der Waals surface area contributed by atoms with Crippen LogP contribution in [0.5, 0.6) is 0 Å². The van der Waals surface area contributed by atoms with E-state index < -0.39 is 0 Å². The number of piperidine rings is 1. The Bertz CT molecular complexity index is 207. The van der Waals surface area contributed by atoms with E-state index in [1.54, 1.807) is 0 Å². The molecule has 0 aromatic rings. The fourth-order valence-corrected chi connectivity index (χ4v) is 3.55. The highest BCUT2D eigenvalue weighted by molar-refractivity contribution is 4.87. The molecule has 2 nitrogen and oxygen atoms in total. The molecular formula is C14H27NO. The molecule has 1 heterocycles. The third kappa shape index (κ3) is 2.78. The first-order valence-corrected chi connectivity index (χ1v) is 7.26. The van der Waals surface area contributed by atoms with Crippen LogP contribution in [-0.2, 0) is 0 Å². The molecule has 0 aromatic carbocycles. The molecule has 2 heteroatoms. The minimum atomic E-state index is -0.0605. The van der Waals surface area contributed by atoms with Gasteiger partial charge in [-0.2, -0.15) is 0 Å². The summed E-state index contributed by atoms with van der Waals surface area (Å²) in [6.07, 6.45) is 11.4. The van der Waals surface area contributed by atoms with Gasteiger partial charge in [0.25, 0.3) is 0 Å². The molecule has 2 fully saturated rings. The Balaban J connectivity index is 2.01. The van der Waals surface area contributed by atoms with Crippen LogP contribution in [0.25, 0.3) is 0 Å². The van der Waals surface area contributed by atoms with Crippen molar-refractivity contribution in [3.05, 3.63) is 0 Å². The zero-order valence-corrected chi connectivity index (χ0v) is 10.7. The zero-order chi connectivity index (χ0) is 11.4. The maximum Gasteiger partial charge on any atom is 0.0695 e. The normalized spacial score (nSPS) is 38.2. The minimum absolute atomic E-state index is 0.0605. The Morgan fingerprint density at radius 1 is 1.00 bits per heavy atom. The minimum Gasteiger partial charge on any atom is -0.391 e. The van der Waals surface area contributed by atoms with E-state index in [2.05, 4.69) is 11.8 Å². The van der Waals surface area contributed by atoms with E-state index in [4.69, 9.17) is 0 Å². The predicted molar refractivity (Wildman–Crippen MR) is 67.5 cm³/mol. The van der Waals surface area contributed by atoms with Gasteiger partial charge in [-0.15, -0.1) is 0 Å². The molecule has 2 aliphatic rings. The number of hydrogen-bond donors (Lipinski definition) is 1. The van der Waals surface area contributed by atoms with E-state index in [9.17, 15) is 5.11 Å². The molecule has 0 bridgehead atoms. The summed E-state index contributed by atoms with van der Waals surface area (Å²) in [6.45, 7) is 3.52. The largest absolute Gasteiger partial charge is 0.391 e. The predicted octanol–water partition coefficient (Wildman–Crippen LogP) is 2.94. The van der Waals surface area contributed by atoms with Gasteiger partial charge >= 0.3 is 0 Å². The van der Waals surface area contributed by atoms with Gasteiger partial charge in [-0.25, -0.2) is 0 Å². The standard InChI is InChI=1S/C14H27NO/c1-2-12-8-6-7-11-15(12)13-9-4-3-5-10-14(13)16/h12-14,16H,2-11H2,1H3. The molecule has 0 radical (unpaired) electrons. The number of aliphatic hydroxyl groups excluding tert-OH is 1. The van der Waals surface area contributed by atoms with Crippen LogP contribution < -0.4 is 0 Å². The van der Waals surface area contributed by atoms with Gasteiger partial charge in [0.05, 0.1) is 6.10 Å². The monoisotopic (exact) mass is 225 g/mol. The highest BCUT2D eigenvalue weighted by atomic mass is 16.3. The molecule has 2 rings (SSSR count). The summed E-state index contributed by atoms with van der Waals surface area (Å²) in [5.74, 6) is 0. The van der Waals surface area contributed by atoms with E-state index in [-0.39, 0.29) is 6.10 Å². The maximum atomic E-state index is 10.3. The Morgan fingerprint density at radius 2 is 1.75 bits per heavy atom. The van der Waals surface area contributed by atoms with Crippen LogP contribution in [0.1, 0.15) is 64.7 Å². The second-order valence-corrected chi connectivity index (χ2v) is 5.57. The summed E-state index contributed by atoms with van der Waals surface area (Å²) in [5.41, 5.74) is 0. The van der Waals surface area contributed by atoms with Crippen LogP contribution in [0.4, 0.5) is 0 Å². The molecule has 0 aromatic heterocycles. The summed E-state index contributed by atoms with van der Waals surface area (Å²) in [5, 5.41) is 10.3. The SMILES string of the molecule is CCC1CCCCN1C1CCCCCC1O. The molecule has 3 unspecified atom stereocenters. The molecular weight excluding hydrogens is 198 g/mol. The number of rotatable bonds is 2. The van der Waals surface area contributed by atoms with Crippen molar-refractivity contribution in [1.29, 1.82) is 0 Å². The topological polar surface area (TPSA) is 23.5 Å². The Kier molecular flexibility index (Phi) is 4.66. The molecule has 1 saturated carbocycles. The molecule has 1 N–H and O–H groups in total. The van der Waals surface area contributed by atoms with Crippen LogP contribution >= 0.6 is 0 Å². The number of nitrogens with zero attached hydrogens (tertiary/aromatic N) is 1. The second kappa shape index (κ2) is 6.02. The van der Waals surface area contributed by atoms with Crippen molar-refractivity contribution in [2.24, 2.45) is 0 Å². The maximum absolute atomic E-state index is 10.3. The average Bonchev–Trinajstić information content (AvgIpc) is 2.54. The summed E-state index contributed by atoms with van der Waals surface area (Å²) in [7, 11) is 0. The van der Waals surface area contributed by atoms with Crippen molar-refractivity contribution in [2.45, 2.75) is 82.9 Å². The summed E-state index contributed by atoms with van der Waals surface area (Å²) in [4.78, 5) is 2.64. The lowest BCUT2D eigenvalue weighted by Gasteiger charge is -2.42. The quantitative estimate of drug-likeness (QED) is 0.730. The van der Waals surface area contributed by atoms with Gasteiger partial charge in [0, 0.05) is 12.1 Å².